The molecular weight excluding hydrogens is 182 g/mol. The van der Waals surface area contributed by atoms with Gasteiger partial charge < -0.3 is 15.6 Å². The van der Waals surface area contributed by atoms with Crippen molar-refractivity contribution in [1.82, 2.24) is 9.97 Å². The lowest BCUT2D eigenvalue weighted by atomic mass is 9.98. The zero-order valence-electron chi connectivity index (χ0n) is 8.40. The van der Waals surface area contributed by atoms with Crippen LogP contribution in [0.25, 0.3) is 0 Å². The molecule has 0 aliphatic carbocycles. The van der Waals surface area contributed by atoms with Gasteiger partial charge in [0.2, 0.25) is 5.88 Å². The normalized spacial score (nSPS) is 14.9. The van der Waals surface area contributed by atoms with Crippen LogP contribution in [0.4, 0.5) is 0 Å². The van der Waals surface area contributed by atoms with Crippen LogP contribution in [0, 0.1) is 0 Å². The summed E-state index contributed by atoms with van der Waals surface area (Å²) in [5, 5.41) is 10.0. The summed E-state index contributed by atoms with van der Waals surface area (Å²) in [5.74, 6) is 0.339. The monoisotopic (exact) mass is 197 g/mol. The summed E-state index contributed by atoms with van der Waals surface area (Å²) in [5.41, 5.74) is 4.73. The lowest BCUT2D eigenvalue weighted by Crippen LogP contribution is -2.27. The van der Waals surface area contributed by atoms with Crippen molar-refractivity contribution in [2.75, 3.05) is 13.7 Å². The summed E-state index contributed by atoms with van der Waals surface area (Å²) in [4.78, 5) is 8.01. The predicted octanol–water partition coefficient (Wildman–Crippen LogP) is 0.0415. The molecule has 1 aromatic heterocycles. The lowest BCUT2D eigenvalue weighted by molar-refractivity contribution is 0.0424. The zero-order valence-corrected chi connectivity index (χ0v) is 8.40. The molecule has 0 aromatic carbocycles. The van der Waals surface area contributed by atoms with E-state index in [9.17, 15) is 5.11 Å². The van der Waals surface area contributed by atoms with Crippen LogP contribution in [0.15, 0.2) is 12.4 Å². The number of nitrogens with zero attached hydrogens (tertiary/aromatic N) is 2. The van der Waals surface area contributed by atoms with Crippen molar-refractivity contribution in [2.24, 2.45) is 5.73 Å². The first-order valence-corrected chi connectivity index (χ1v) is 4.39. The van der Waals surface area contributed by atoms with Crippen LogP contribution in [0.1, 0.15) is 19.0 Å². The standard InChI is InChI=1S/C9H15N3O2/c1-9(13,3-4-10)7-8(14-2)12-6-5-11-7/h5-6,13H,3-4,10H2,1-2H3. The summed E-state index contributed by atoms with van der Waals surface area (Å²) < 4.78 is 5.00. The predicted molar refractivity (Wildman–Crippen MR) is 51.8 cm³/mol. The highest BCUT2D eigenvalue weighted by Gasteiger charge is 2.28. The molecule has 1 rings (SSSR count). The number of rotatable bonds is 4. The molecule has 3 N–H and O–H groups in total. The maximum Gasteiger partial charge on any atom is 0.238 e. The average Bonchev–Trinajstić information content (AvgIpc) is 2.18. The molecule has 78 valence electrons. The van der Waals surface area contributed by atoms with E-state index in [2.05, 4.69) is 9.97 Å². The van der Waals surface area contributed by atoms with Crippen molar-refractivity contribution in [3.05, 3.63) is 18.1 Å². The Labute approximate surface area is 82.9 Å². The molecule has 5 heteroatoms. The molecule has 5 nitrogen and oxygen atoms in total. The molecule has 0 aliphatic rings. The molecule has 1 atom stereocenters. The number of nitrogens with two attached hydrogens (primary N) is 1. The van der Waals surface area contributed by atoms with Crippen LogP contribution < -0.4 is 10.5 Å². The van der Waals surface area contributed by atoms with Gasteiger partial charge in [-0.25, -0.2) is 4.98 Å². The maximum atomic E-state index is 10.0. The van der Waals surface area contributed by atoms with Crippen molar-refractivity contribution in [1.29, 1.82) is 0 Å². The summed E-state index contributed by atoms with van der Waals surface area (Å²) >= 11 is 0. The Balaban J connectivity index is 3.04. The van der Waals surface area contributed by atoms with Gasteiger partial charge in [0.05, 0.1) is 7.11 Å². The summed E-state index contributed by atoms with van der Waals surface area (Å²) in [6, 6.07) is 0. The molecule has 0 saturated heterocycles. The van der Waals surface area contributed by atoms with Gasteiger partial charge in [-0.05, 0) is 19.9 Å². The van der Waals surface area contributed by atoms with Gasteiger partial charge in [-0.1, -0.05) is 0 Å². The van der Waals surface area contributed by atoms with Crippen LogP contribution in [0.3, 0.4) is 0 Å². The number of hydrogen-bond donors (Lipinski definition) is 2. The quantitative estimate of drug-likeness (QED) is 0.712. The first-order valence-electron chi connectivity index (χ1n) is 4.39. The molecule has 0 fully saturated rings. The van der Waals surface area contributed by atoms with Gasteiger partial charge in [0.25, 0.3) is 0 Å². The zero-order chi connectivity index (χ0) is 10.6. The number of ether oxygens (including phenoxy) is 1. The Morgan fingerprint density at radius 1 is 1.50 bits per heavy atom. The van der Waals surface area contributed by atoms with Gasteiger partial charge in [-0.3, -0.25) is 4.98 Å². The molecule has 1 aromatic rings. The largest absolute Gasteiger partial charge is 0.480 e. The third-order valence-corrected chi connectivity index (χ3v) is 2.00. The van der Waals surface area contributed by atoms with Gasteiger partial charge in [-0.15, -0.1) is 0 Å². The summed E-state index contributed by atoms with van der Waals surface area (Å²) in [6.07, 6.45) is 3.45. The van der Waals surface area contributed by atoms with Crippen molar-refractivity contribution in [2.45, 2.75) is 18.9 Å². The minimum atomic E-state index is -1.09. The fourth-order valence-corrected chi connectivity index (χ4v) is 1.24. The van der Waals surface area contributed by atoms with Crippen molar-refractivity contribution >= 4 is 0 Å². The minimum absolute atomic E-state index is 0.339. The number of aromatic nitrogens is 2. The maximum absolute atomic E-state index is 10.0. The van der Waals surface area contributed by atoms with E-state index in [1.54, 1.807) is 6.92 Å². The summed E-state index contributed by atoms with van der Waals surface area (Å²) in [7, 11) is 1.49. The fraction of sp³-hybridized carbons (Fsp3) is 0.556. The second-order valence-corrected chi connectivity index (χ2v) is 3.23. The van der Waals surface area contributed by atoms with Gasteiger partial charge in [0, 0.05) is 12.4 Å². The minimum Gasteiger partial charge on any atom is -0.480 e. The van der Waals surface area contributed by atoms with E-state index in [1.807, 2.05) is 0 Å². The summed E-state index contributed by atoms with van der Waals surface area (Å²) in [6.45, 7) is 2.03. The van der Waals surface area contributed by atoms with Crippen LogP contribution in [0.5, 0.6) is 5.88 Å². The van der Waals surface area contributed by atoms with Crippen LogP contribution in [0.2, 0.25) is 0 Å². The van der Waals surface area contributed by atoms with Crippen LogP contribution in [-0.4, -0.2) is 28.7 Å². The van der Waals surface area contributed by atoms with Crippen molar-refractivity contribution in [3.63, 3.8) is 0 Å². The molecule has 1 unspecified atom stereocenters. The van der Waals surface area contributed by atoms with E-state index in [1.165, 1.54) is 19.5 Å². The van der Waals surface area contributed by atoms with Gasteiger partial charge in [0.15, 0.2) is 0 Å². The first-order chi connectivity index (χ1) is 6.61. The van der Waals surface area contributed by atoms with E-state index in [-0.39, 0.29) is 0 Å². The average molecular weight is 197 g/mol. The van der Waals surface area contributed by atoms with Gasteiger partial charge in [-0.2, -0.15) is 0 Å². The van der Waals surface area contributed by atoms with Gasteiger partial charge in [0.1, 0.15) is 11.3 Å². The first kappa shape index (κ1) is 10.9. The lowest BCUT2D eigenvalue weighted by Gasteiger charge is -2.22. The fourth-order valence-electron chi connectivity index (χ4n) is 1.24. The number of hydrogen-bond acceptors (Lipinski definition) is 5. The molecular formula is C9H15N3O2. The topological polar surface area (TPSA) is 81.3 Å². The highest BCUT2D eigenvalue weighted by molar-refractivity contribution is 5.23. The van der Waals surface area contributed by atoms with Crippen molar-refractivity contribution in [3.8, 4) is 5.88 Å². The molecule has 14 heavy (non-hydrogen) atoms. The number of aliphatic hydroxyl groups is 1. The third-order valence-electron chi connectivity index (χ3n) is 2.00. The highest BCUT2D eigenvalue weighted by atomic mass is 16.5. The van der Waals surface area contributed by atoms with Crippen LogP contribution >= 0.6 is 0 Å². The molecule has 0 spiro atoms. The Morgan fingerprint density at radius 2 is 2.14 bits per heavy atom. The smallest absolute Gasteiger partial charge is 0.238 e. The van der Waals surface area contributed by atoms with E-state index in [4.69, 9.17) is 10.5 Å². The van der Waals surface area contributed by atoms with E-state index < -0.39 is 5.60 Å². The molecule has 0 bridgehead atoms. The van der Waals surface area contributed by atoms with Crippen LogP contribution in [-0.2, 0) is 5.60 Å². The highest BCUT2D eigenvalue weighted by Crippen LogP contribution is 2.27. The van der Waals surface area contributed by atoms with Gasteiger partial charge >= 0.3 is 0 Å². The Kier molecular flexibility index (Phi) is 3.38. The molecule has 0 radical (unpaired) electrons. The van der Waals surface area contributed by atoms with E-state index in [0.29, 0.717) is 24.5 Å². The molecule has 0 amide bonds. The van der Waals surface area contributed by atoms with E-state index >= 15 is 0 Å². The molecule has 1 heterocycles. The van der Waals surface area contributed by atoms with Crippen molar-refractivity contribution < 1.29 is 9.84 Å². The SMILES string of the molecule is COc1nccnc1C(C)(O)CCN. The Morgan fingerprint density at radius 3 is 2.71 bits per heavy atom. The Bertz CT molecular complexity index is 302. The molecule has 0 aliphatic heterocycles. The third kappa shape index (κ3) is 2.18. The Hall–Kier alpha value is -1.20. The number of methoxy groups -OCH3 is 1. The van der Waals surface area contributed by atoms with E-state index in [0.717, 1.165) is 0 Å². The molecule has 0 saturated carbocycles. The second-order valence-electron chi connectivity index (χ2n) is 3.23. The second kappa shape index (κ2) is 4.34.